The minimum absolute atomic E-state index is 0.493. The van der Waals surface area contributed by atoms with E-state index in [4.69, 9.17) is 0 Å². The van der Waals surface area contributed by atoms with Crippen LogP contribution in [0.3, 0.4) is 0 Å². The van der Waals surface area contributed by atoms with Crippen LogP contribution in [0.4, 0.5) is 0 Å². The van der Waals surface area contributed by atoms with Crippen LogP contribution in [0, 0.1) is 11.3 Å². The van der Waals surface area contributed by atoms with Crippen LogP contribution < -0.4 is 0 Å². The van der Waals surface area contributed by atoms with E-state index in [9.17, 15) is 19.8 Å². The summed E-state index contributed by atoms with van der Waals surface area (Å²) in [7, 11) is 0. The molecule has 0 amide bonds. The summed E-state index contributed by atoms with van der Waals surface area (Å²) in [6, 6.07) is 0. The van der Waals surface area contributed by atoms with Gasteiger partial charge >= 0.3 is 11.9 Å². The van der Waals surface area contributed by atoms with E-state index in [1.54, 1.807) is 6.92 Å². The molecule has 0 aromatic heterocycles. The number of carbonyl (C=O) groups is 2. The van der Waals surface area contributed by atoms with Gasteiger partial charge in [-0.1, -0.05) is 226 Å². The molecule has 0 aliphatic carbocycles. The fourth-order valence-electron chi connectivity index (χ4n) is 7.17. The van der Waals surface area contributed by atoms with Crippen molar-refractivity contribution in [2.45, 2.75) is 239 Å². The fraction of sp³-hybridized carbons (Fsp3) is 0.951. The zero-order chi connectivity index (χ0) is 33.3. The summed E-state index contributed by atoms with van der Waals surface area (Å²) in [5, 5.41) is 20.0. The van der Waals surface area contributed by atoms with Crippen LogP contribution in [0.1, 0.15) is 239 Å². The summed E-state index contributed by atoms with van der Waals surface area (Å²) in [4.78, 5) is 24.4. The monoisotopic (exact) mass is 637 g/mol. The standard InChI is InChI=1S/C41H80O4/c1-4-6-8-10-12-14-16-18-20-22-24-26-28-30-32-34-36-41(40(44)45,38(3)39(42)43)37-35-33-31-29-27-25-23-21-19-17-15-13-11-9-7-5-2/h38H,4-37H2,1-3H3,(H,42,43)(H,44,45)/t38-/m0/s1. The average molecular weight is 637 g/mol. The molecule has 0 radical (unpaired) electrons. The Morgan fingerprint density at radius 2 is 0.600 bits per heavy atom. The summed E-state index contributed by atoms with van der Waals surface area (Å²) in [6.45, 7) is 6.17. The molecule has 0 spiro atoms. The molecule has 45 heavy (non-hydrogen) atoms. The van der Waals surface area contributed by atoms with Crippen LogP contribution in [-0.2, 0) is 9.59 Å². The number of carboxylic acid groups (broad SMARTS) is 2. The smallest absolute Gasteiger partial charge is 0.310 e. The Balaban J connectivity index is 4.00. The van der Waals surface area contributed by atoms with Gasteiger partial charge < -0.3 is 10.2 Å². The van der Waals surface area contributed by atoms with Gasteiger partial charge in [0, 0.05) is 0 Å². The summed E-state index contributed by atoms with van der Waals surface area (Å²) >= 11 is 0. The maximum atomic E-state index is 12.5. The minimum atomic E-state index is -1.13. The van der Waals surface area contributed by atoms with E-state index in [1.165, 1.54) is 167 Å². The number of aliphatic carboxylic acids is 2. The minimum Gasteiger partial charge on any atom is -0.481 e. The van der Waals surface area contributed by atoms with Crippen LogP contribution in [0.25, 0.3) is 0 Å². The molecule has 0 aromatic rings. The highest BCUT2D eigenvalue weighted by Crippen LogP contribution is 2.40. The van der Waals surface area contributed by atoms with Crippen molar-refractivity contribution >= 4 is 11.9 Å². The number of hydrogen-bond donors (Lipinski definition) is 2. The third-order valence-corrected chi connectivity index (χ3v) is 10.6. The Kier molecular flexibility index (Phi) is 32.1. The number of hydrogen-bond acceptors (Lipinski definition) is 2. The highest BCUT2D eigenvalue weighted by Gasteiger charge is 2.46. The molecular formula is C41H80O4. The lowest BCUT2D eigenvalue weighted by Crippen LogP contribution is -2.41. The van der Waals surface area contributed by atoms with Crippen molar-refractivity contribution in [3.8, 4) is 0 Å². The molecule has 0 aliphatic heterocycles. The maximum Gasteiger partial charge on any atom is 0.310 e. The predicted molar refractivity (Wildman–Crippen MR) is 195 cm³/mol. The fourth-order valence-corrected chi connectivity index (χ4v) is 7.17. The third kappa shape index (κ3) is 25.7. The van der Waals surface area contributed by atoms with Crippen molar-refractivity contribution in [3.05, 3.63) is 0 Å². The lowest BCUT2D eigenvalue weighted by Gasteiger charge is -2.33. The van der Waals surface area contributed by atoms with Gasteiger partial charge in [0.2, 0.25) is 0 Å². The second-order valence-corrected chi connectivity index (χ2v) is 14.6. The Bertz CT molecular complexity index is 609. The Morgan fingerprint density at radius 1 is 0.400 bits per heavy atom. The van der Waals surface area contributed by atoms with Crippen molar-refractivity contribution in [1.82, 2.24) is 0 Å². The Hall–Kier alpha value is -1.06. The molecule has 0 aromatic carbocycles. The molecule has 1 atom stereocenters. The molecule has 0 unspecified atom stereocenters. The highest BCUT2D eigenvalue weighted by molar-refractivity contribution is 5.83. The first kappa shape index (κ1) is 43.9. The van der Waals surface area contributed by atoms with Gasteiger partial charge in [0.1, 0.15) is 0 Å². The topological polar surface area (TPSA) is 74.6 Å². The van der Waals surface area contributed by atoms with Gasteiger partial charge in [-0.15, -0.1) is 0 Å². The van der Waals surface area contributed by atoms with E-state index in [0.29, 0.717) is 12.8 Å². The van der Waals surface area contributed by atoms with Crippen LogP contribution in [0.2, 0.25) is 0 Å². The molecule has 0 aliphatic rings. The van der Waals surface area contributed by atoms with Crippen molar-refractivity contribution in [3.63, 3.8) is 0 Å². The van der Waals surface area contributed by atoms with E-state index < -0.39 is 23.3 Å². The zero-order valence-corrected chi connectivity index (χ0v) is 30.8. The van der Waals surface area contributed by atoms with Gasteiger partial charge in [0.05, 0.1) is 11.3 Å². The molecule has 0 heterocycles. The lowest BCUT2D eigenvalue weighted by atomic mass is 9.69. The van der Waals surface area contributed by atoms with Crippen LogP contribution in [0.15, 0.2) is 0 Å². The quantitative estimate of drug-likeness (QED) is 0.0665. The summed E-state index contributed by atoms with van der Waals surface area (Å²) in [5.74, 6) is -2.72. The second-order valence-electron chi connectivity index (χ2n) is 14.6. The second kappa shape index (κ2) is 32.9. The van der Waals surface area contributed by atoms with E-state index >= 15 is 0 Å². The Morgan fingerprint density at radius 3 is 0.778 bits per heavy atom. The van der Waals surface area contributed by atoms with Crippen molar-refractivity contribution < 1.29 is 19.8 Å². The first-order valence-electron chi connectivity index (χ1n) is 20.4. The van der Waals surface area contributed by atoms with E-state index in [-0.39, 0.29) is 0 Å². The van der Waals surface area contributed by atoms with Gasteiger partial charge in [-0.2, -0.15) is 0 Å². The van der Waals surface area contributed by atoms with Gasteiger partial charge in [-0.25, -0.2) is 0 Å². The van der Waals surface area contributed by atoms with E-state index in [0.717, 1.165) is 38.5 Å². The van der Waals surface area contributed by atoms with Crippen LogP contribution in [0.5, 0.6) is 0 Å². The molecule has 4 heteroatoms. The normalized spacial score (nSPS) is 12.5. The molecule has 2 N–H and O–H groups in total. The van der Waals surface area contributed by atoms with Gasteiger partial charge in [0.25, 0.3) is 0 Å². The van der Waals surface area contributed by atoms with Gasteiger partial charge in [-0.05, 0) is 12.8 Å². The van der Waals surface area contributed by atoms with Crippen molar-refractivity contribution in [1.29, 1.82) is 0 Å². The van der Waals surface area contributed by atoms with Crippen molar-refractivity contribution in [2.75, 3.05) is 0 Å². The number of rotatable bonds is 37. The predicted octanol–water partition coefficient (Wildman–Crippen LogP) is 14.1. The lowest BCUT2D eigenvalue weighted by molar-refractivity contribution is -0.163. The molecule has 4 nitrogen and oxygen atoms in total. The van der Waals surface area contributed by atoms with Crippen LogP contribution >= 0.6 is 0 Å². The molecule has 0 fully saturated rings. The highest BCUT2D eigenvalue weighted by atomic mass is 16.4. The molecule has 0 bridgehead atoms. The maximum absolute atomic E-state index is 12.5. The zero-order valence-electron chi connectivity index (χ0n) is 30.8. The molecule has 0 saturated heterocycles. The van der Waals surface area contributed by atoms with E-state index in [2.05, 4.69) is 13.8 Å². The average Bonchev–Trinajstić information content (AvgIpc) is 3.02. The molecule has 268 valence electrons. The van der Waals surface area contributed by atoms with Crippen LogP contribution in [-0.4, -0.2) is 22.2 Å². The molecular weight excluding hydrogens is 556 g/mol. The van der Waals surface area contributed by atoms with Gasteiger partial charge in [-0.3, -0.25) is 9.59 Å². The first-order chi connectivity index (χ1) is 21.9. The van der Waals surface area contributed by atoms with Gasteiger partial charge in [0.15, 0.2) is 0 Å². The third-order valence-electron chi connectivity index (χ3n) is 10.6. The summed E-state index contributed by atoms with van der Waals surface area (Å²) in [6.07, 6.45) is 42.2. The van der Waals surface area contributed by atoms with Crippen molar-refractivity contribution in [2.24, 2.45) is 11.3 Å². The number of unbranched alkanes of at least 4 members (excludes halogenated alkanes) is 30. The Labute approximate surface area is 281 Å². The molecule has 0 saturated carbocycles. The molecule has 0 rings (SSSR count). The largest absolute Gasteiger partial charge is 0.481 e. The summed E-state index contributed by atoms with van der Waals surface area (Å²) < 4.78 is 0. The van der Waals surface area contributed by atoms with E-state index in [1.807, 2.05) is 0 Å². The first-order valence-corrected chi connectivity index (χ1v) is 20.4. The SMILES string of the molecule is CCCCCCCCCCCCCCCCCCC(CCCCCCCCCCCCCCCCCC)(C(=O)O)[C@@H](C)C(=O)O. The summed E-state index contributed by atoms with van der Waals surface area (Å²) in [5.41, 5.74) is -1.13. The number of carboxylic acids is 2.